The topological polar surface area (TPSA) is 12.0 Å². The van der Waals surface area contributed by atoms with E-state index in [1.807, 2.05) is 11.8 Å². The summed E-state index contributed by atoms with van der Waals surface area (Å²) in [7, 11) is 0. The molecule has 1 nitrogen and oxygen atoms in total. The first-order valence-electron chi connectivity index (χ1n) is 6.49. The van der Waals surface area contributed by atoms with Crippen LogP contribution in [0, 0.1) is 5.41 Å². The van der Waals surface area contributed by atoms with Crippen molar-refractivity contribution in [3.8, 4) is 0 Å². The summed E-state index contributed by atoms with van der Waals surface area (Å²) in [5, 5.41) is 3.69. The average Bonchev–Trinajstić information content (AvgIpc) is 2.68. The molecule has 1 N–H and O–H groups in total. The Labute approximate surface area is 109 Å². The van der Waals surface area contributed by atoms with Crippen molar-refractivity contribution in [1.29, 1.82) is 0 Å². The zero-order valence-corrected chi connectivity index (χ0v) is 12.1. The molecule has 0 bridgehead atoms. The number of hydrogen-bond donors (Lipinski definition) is 1. The summed E-state index contributed by atoms with van der Waals surface area (Å²) in [6, 6.07) is 9.43. The maximum absolute atomic E-state index is 3.69. The quantitative estimate of drug-likeness (QED) is 0.872. The van der Waals surface area contributed by atoms with Crippen LogP contribution in [0.2, 0.25) is 0 Å². The zero-order chi connectivity index (χ0) is 12.5. The summed E-state index contributed by atoms with van der Waals surface area (Å²) in [5.74, 6) is 1.87. The molecular formula is C15H23NS. The summed E-state index contributed by atoms with van der Waals surface area (Å²) in [4.78, 5) is 1.48. The van der Waals surface area contributed by atoms with Gasteiger partial charge in [0.2, 0.25) is 0 Å². The molecule has 2 heteroatoms. The van der Waals surface area contributed by atoms with Gasteiger partial charge in [0.15, 0.2) is 0 Å². The fraction of sp³-hybridized carbons (Fsp3) is 0.600. The molecular weight excluding hydrogens is 226 g/mol. The van der Waals surface area contributed by atoms with Gasteiger partial charge in [-0.05, 0) is 23.6 Å². The number of fused-ring (bicyclic) bond motifs is 1. The van der Waals surface area contributed by atoms with Gasteiger partial charge in [-0.3, -0.25) is 0 Å². The van der Waals surface area contributed by atoms with E-state index < -0.39 is 0 Å². The predicted octanol–water partition coefficient (Wildman–Crippen LogP) is 3.90. The molecule has 2 rings (SSSR count). The van der Waals surface area contributed by atoms with E-state index in [1.165, 1.54) is 10.6 Å². The van der Waals surface area contributed by atoms with Gasteiger partial charge in [0.05, 0.1) is 0 Å². The highest BCUT2D eigenvalue weighted by atomic mass is 32.2. The van der Waals surface area contributed by atoms with Crippen molar-refractivity contribution in [2.45, 2.75) is 44.6 Å². The van der Waals surface area contributed by atoms with E-state index in [0.717, 1.165) is 6.54 Å². The summed E-state index contributed by atoms with van der Waals surface area (Å²) in [6.07, 6.45) is 0. The molecule has 0 saturated carbocycles. The van der Waals surface area contributed by atoms with Crippen LogP contribution in [0.1, 0.15) is 39.2 Å². The number of hydrogen-bond acceptors (Lipinski definition) is 2. The normalized spacial score (nSPS) is 21.3. The van der Waals surface area contributed by atoms with Crippen LogP contribution in [0.25, 0.3) is 0 Å². The van der Waals surface area contributed by atoms with Crippen LogP contribution < -0.4 is 5.32 Å². The summed E-state index contributed by atoms with van der Waals surface area (Å²) < 4.78 is 0. The smallest absolute Gasteiger partial charge is 0.0193 e. The van der Waals surface area contributed by atoms with Gasteiger partial charge >= 0.3 is 0 Å². The molecule has 0 aliphatic carbocycles. The van der Waals surface area contributed by atoms with E-state index >= 15 is 0 Å². The molecule has 0 aromatic heterocycles. The van der Waals surface area contributed by atoms with Gasteiger partial charge in [0.25, 0.3) is 0 Å². The van der Waals surface area contributed by atoms with Gasteiger partial charge in [-0.2, -0.15) is 0 Å². The largest absolute Gasteiger partial charge is 0.313 e. The molecule has 2 unspecified atom stereocenters. The highest BCUT2D eigenvalue weighted by molar-refractivity contribution is 7.99. The highest BCUT2D eigenvalue weighted by Crippen LogP contribution is 2.44. The van der Waals surface area contributed by atoms with Crippen molar-refractivity contribution < 1.29 is 0 Å². The second-order valence-electron chi connectivity index (χ2n) is 5.86. The van der Waals surface area contributed by atoms with Gasteiger partial charge in [-0.15, -0.1) is 11.8 Å². The fourth-order valence-electron chi connectivity index (χ4n) is 2.74. The lowest BCUT2D eigenvalue weighted by Crippen LogP contribution is -2.44. The zero-order valence-electron chi connectivity index (χ0n) is 11.3. The third-order valence-electron chi connectivity index (χ3n) is 3.50. The SMILES string of the molecule is CCNC(C1CSc2ccccc21)C(C)(C)C. The Hall–Kier alpha value is -0.470. The van der Waals surface area contributed by atoms with Gasteiger partial charge in [-0.1, -0.05) is 45.9 Å². The van der Waals surface area contributed by atoms with Crippen LogP contribution in [-0.2, 0) is 0 Å². The second kappa shape index (κ2) is 5.03. The van der Waals surface area contributed by atoms with Crippen LogP contribution >= 0.6 is 11.8 Å². The summed E-state index contributed by atoms with van der Waals surface area (Å²) in [6.45, 7) is 10.3. The number of thioether (sulfide) groups is 1. The van der Waals surface area contributed by atoms with Crippen LogP contribution in [0.3, 0.4) is 0 Å². The number of benzene rings is 1. The van der Waals surface area contributed by atoms with Crippen molar-refractivity contribution in [2.75, 3.05) is 12.3 Å². The Kier molecular flexibility index (Phi) is 3.84. The third kappa shape index (κ3) is 2.69. The standard InChI is InChI=1S/C15H23NS/c1-5-16-14(15(2,3)4)12-10-17-13-9-7-6-8-11(12)13/h6-9,12,14,16H,5,10H2,1-4H3. The Morgan fingerprint density at radius 1 is 1.35 bits per heavy atom. The van der Waals surface area contributed by atoms with Crippen molar-refractivity contribution in [3.05, 3.63) is 29.8 Å². The Balaban J connectivity index is 2.28. The minimum absolute atomic E-state index is 0.304. The second-order valence-corrected chi connectivity index (χ2v) is 6.92. The molecule has 0 fully saturated rings. The monoisotopic (exact) mass is 249 g/mol. The van der Waals surface area contributed by atoms with Gasteiger partial charge in [0.1, 0.15) is 0 Å². The molecule has 94 valence electrons. The van der Waals surface area contributed by atoms with Crippen molar-refractivity contribution in [3.63, 3.8) is 0 Å². The van der Waals surface area contributed by atoms with Crippen LogP contribution in [0.15, 0.2) is 29.2 Å². The van der Waals surface area contributed by atoms with Crippen molar-refractivity contribution >= 4 is 11.8 Å². The minimum Gasteiger partial charge on any atom is -0.313 e. The highest BCUT2D eigenvalue weighted by Gasteiger charge is 2.36. The molecule has 1 aliphatic heterocycles. The number of rotatable bonds is 3. The average molecular weight is 249 g/mol. The van der Waals surface area contributed by atoms with E-state index in [0.29, 0.717) is 17.4 Å². The van der Waals surface area contributed by atoms with Gasteiger partial charge < -0.3 is 5.32 Å². The molecule has 1 aromatic rings. The van der Waals surface area contributed by atoms with E-state index in [1.54, 1.807) is 5.56 Å². The first kappa shape index (κ1) is 13.0. The lowest BCUT2D eigenvalue weighted by atomic mass is 9.77. The Bertz CT molecular complexity index is 381. The fourth-order valence-corrected chi connectivity index (χ4v) is 4.03. The molecule has 1 aromatic carbocycles. The molecule has 1 heterocycles. The van der Waals surface area contributed by atoms with Crippen molar-refractivity contribution in [2.24, 2.45) is 5.41 Å². The summed E-state index contributed by atoms with van der Waals surface area (Å²) in [5.41, 5.74) is 1.84. The first-order chi connectivity index (χ1) is 8.04. The van der Waals surface area contributed by atoms with Crippen LogP contribution in [0.5, 0.6) is 0 Å². The lowest BCUT2D eigenvalue weighted by Gasteiger charge is -2.36. The molecule has 0 radical (unpaired) electrons. The molecule has 0 saturated heterocycles. The summed E-state index contributed by atoms with van der Waals surface area (Å²) >= 11 is 2.01. The first-order valence-corrected chi connectivity index (χ1v) is 7.47. The lowest BCUT2D eigenvalue weighted by molar-refractivity contribution is 0.244. The third-order valence-corrected chi connectivity index (χ3v) is 4.70. The van der Waals surface area contributed by atoms with E-state index in [9.17, 15) is 0 Å². The van der Waals surface area contributed by atoms with Crippen LogP contribution in [-0.4, -0.2) is 18.3 Å². The van der Waals surface area contributed by atoms with Crippen molar-refractivity contribution in [1.82, 2.24) is 5.32 Å². The molecule has 2 atom stereocenters. The molecule has 0 amide bonds. The number of likely N-dealkylation sites (N-methyl/N-ethyl adjacent to an activating group) is 1. The van der Waals surface area contributed by atoms with Gasteiger partial charge in [-0.25, -0.2) is 0 Å². The number of nitrogens with one attached hydrogen (secondary N) is 1. The maximum atomic E-state index is 3.69. The molecule has 1 aliphatic rings. The maximum Gasteiger partial charge on any atom is 0.0193 e. The predicted molar refractivity (Wildman–Crippen MR) is 76.8 cm³/mol. The van der Waals surface area contributed by atoms with Crippen LogP contribution in [0.4, 0.5) is 0 Å². The Morgan fingerprint density at radius 2 is 2.06 bits per heavy atom. The Morgan fingerprint density at radius 3 is 2.71 bits per heavy atom. The van der Waals surface area contributed by atoms with E-state index in [4.69, 9.17) is 0 Å². The van der Waals surface area contributed by atoms with E-state index in [-0.39, 0.29) is 0 Å². The molecule has 0 spiro atoms. The van der Waals surface area contributed by atoms with E-state index in [2.05, 4.69) is 57.3 Å². The minimum atomic E-state index is 0.304. The van der Waals surface area contributed by atoms with Gasteiger partial charge in [0, 0.05) is 22.6 Å². The molecule has 17 heavy (non-hydrogen) atoms.